The second-order valence-corrected chi connectivity index (χ2v) is 6.75. The van der Waals surface area contributed by atoms with Gasteiger partial charge in [0.15, 0.2) is 0 Å². The van der Waals surface area contributed by atoms with E-state index in [1.165, 1.54) is 23.5 Å². The first kappa shape index (κ1) is 16.1. The highest BCUT2D eigenvalue weighted by Crippen LogP contribution is 2.28. The first-order chi connectivity index (χ1) is 11.5. The number of nitrogens with zero attached hydrogens (tertiary/aromatic N) is 3. The van der Waals surface area contributed by atoms with Gasteiger partial charge in [-0.15, -0.1) is 11.3 Å². The molecule has 0 saturated carbocycles. The van der Waals surface area contributed by atoms with E-state index in [2.05, 4.69) is 17.2 Å². The van der Waals surface area contributed by atoms with Gasteiger partial charge in [-0.05, 0) is 18.1 Å². The van der Waals surface area contributed by atoms with Crippen molar-refractivity contribution in [3.63, 3.8) is 0 Å². The zero-order chi connectivity index (χ0) is 17.1. The summed E-state index contributed by atoms with van der Waals surface area (Å²) in [4.78, 5) is 27.2. The van der Waals surface area contributed by atoms with E-state index in [1.54, 1.807) is 24.7 Å². The number of hydrogen-bond acceptors (Lipinski definition) is 5. The Kier molecular flexibility index (Phi) is 4.57. The molecule has 0 radical (unpaired) electrons. The average Bonchev–Trinajstić information content (AvgIpc) is 3.20. The second kappa shape index (κ2) is 6.79. The van der Waals surface area contributed by atoms with Gasteiger partial charge in [0.05, 0.1) is 16.1 Å². The first-order valence-electron chi connectivity index (χ1n) is 7.45. The Morgan fingerprint density at radius 3 is 3.00 bits per heavy atom. The van der Waals surface area contributed by atoms with Gasteiger partial charge in [0.25, 0.3) is 11.6 Å². The molecule has 1 N–H and O–H groups in total. The van der Waals surface area contributed by atoms with Crippen molar-refractivity contribution < 1.29 is 9.72 Å². The summed E-state index contributed by atoms with van der Waals surface area (Å²) >= 11 is 1.33. The fourth-order valence-electron chi connectivity index (χ4n) is 2.43. The van der Waals surface area contributed by atoms with Crippen molar-refractivity contribution >= 4 is 33.0 Å². The fraction of sp³-hybridized carbons (Fsp3) is 0.250. The molecule has 1 aromatic carbocycles. The maximum atomic E-state index is 12.3. The zero-order valence-corrected chi connectivity index (χ0v) is 13.8. The van der Waals surface area contributed by atoms with Crippen molar-refractivity contribution in [3.05, 3.63) is 58.0 Å². The SMILES string of the molecule is CC(CNC(=O)c1cc2cc([N+](=O)[O-])ccc2s1)Cn1ccnc1. The minimum absolute atomic E-state index is 0.0289. The topological polar surface area (TPSA) is 90.1 Å². The number of fused-ring (bicyclic) bond motifs is 1. The molecular weight excluding hydrogens is 328 g/mol. The maximum Gasteiger partial charge on any atom is 0.270 e. The van der Waals surface area contributed by atoms with Crippen LogP contribution in [0.4, 0.5) is 5.69 Å². The summed E-state index contributed by atoms with van der Waals surface area (Å²) in [6, 6.07) is 6.32. The van der Waals surface area contributed by atoms with Gasteiger partial charge in [-0.1, -0.05) is 6.92 Å². The van der Waals surface area contributed by atoms with Gasteiger partial charge in [0, 0.05) is 47.7 Å². The average molecular weight is 344 g/mol. The van der Waals surface area contributed by atoms with Crippen molar-refractivity contribution in [2.75, 3.05) is 6.54 Å². The Balaban J connectivity index is 1.64. The highest BCUT2D eigenvalue weighted by molar-refractivity contribution is 7.20. The minimum atomic E-state index is -0.436. The van der Waals surface area contributed by atoms with Crippen LogP contribution in [0.3, 0.4) is 0 Å². The molecule has 1 atom stereocenters. The van der Waals surface area contributed by atoms with E-state index in [9.17, 15) is 14.9 Å². The van der Waals surface area contributed by atoms with Gasteiger partial charge in [-0.3, -0.25) is 14.9 Å². The quantitative estimate of drug-likeness (QED) is 0.549. The summed E-state index contributed by atoms with van der Waals surface area (Å²) < 4.78 is 2.83. The number of non-ortho nitro benzene ring substituents is 1. The molecule has 2 heterocycles. The minimum Gasteiger partial charge on any atom is -0.351 e. The smallest absolute Gasteiger partial charge is 0.270 e. The number of rotatable bonds is 6. The van der Waals surface area contributed by atoms with Gasteiger partial charge < -0.3 is 9.88 Å². The van der Waals surface area contributed by atoms with Crippen LogP contribution in [0.15, 0.2) is 43.0 Å². The number of amides is 1. The van der Waals surface area contributed by atoms with E-state index >= 15 is 0 Å². The van der Waals surface area contributed by atoms with E-state index in [0.29, 0.717) is 16.8 Å². The van der Waals surface area contributed by atoms with Crippen molar-refractivity contribution in [1.82, 2.24) is 14.9 Å². The zero-order valence-electron chi connectivity index (χ0n) is 13.0. The molecule has 0 aliphatic heterocycles. The molecule has 1 amide bonds. The number of carbonyl (C=O) groups is 1. The van der Waals surface area contributed by atoms with Gasteiger partial charge in [-0.25, -0.2) is 4.98 Å². The van der Waals surface area contributed by atoms with E-state index in [-0.39, 0.29) is 17.5 Å². The number of nitrogens with one attached hydrogen (secondary N) is 1. The highest BCUT2D eigenvalue weighted by Gasteiger charge is 2.14. The van der Waals surface area contributed by atoms with Gasteiger partial charge in [0.2, 0.25) is 0 Å². The van der Waals surface area contributed by atoms with Crippen LogP contribution >= 0.6 is 11.3 Å². The third-order valence-electron chi connectivity index (χ3n) is 3.63. The number of benzene rings is 1. The Morgan fingerprint density at radius 2 is 2.29 bits per heavy atom. The predicted molar refractivity (Wildman–Crippen MR) is 92.2 cm³/mol. The number of carbonyl (C=O) groups excluding carboxylic acids is 1. The largest absolute Gasteiger partial charge is 0.351 e. The summed E-state index contributed by atoms with van der Waals surface area (Å²) in [7, 11) is 0. The van der Waals surface area contributed by atoms with Crippen LogP contribution in [0, 0.1) is 16.0 Å². The molecule has 0 aliphatic rings. The Hall–Kier alpha value is -2.74. The van der Waals surface area contributed by atoms with Gasteiger partial charge in [0.1, 0.15) is 0 Å². The molecule has 3 rings (SSSR count). The predicted octanol–water partition coefficient (Wildman–Crippen LogP) is 3.07. The number of imidazole rings is 1. The molecule has 124 valence electrons. The number of aromatic nitrogens is 2. The van der Waals surface area contributed by atoms with Crippen LogP contribution in [0.1, 0.15) is 16.6 Å². The van der Waals surface area contributed by atoms with Crippen LogP contribution < -0.4 is 5.32 Å². The van der Waals surface area contributed by atoms with Crippen LogP contribution in [0.2, 0.25) is 0 Å². The second-order valence-electron chi connectivity index (χ2n) is 5.66. The highest BCUT2D eigenvalue weighted by atomic mass is 32.1. The standard InChI is InChI=1S/C16H16N4O3S/c1-11(9-19-5-4-17-10-19)8-18-16(21)15-7-12-6-13(20(22)23)2-3-14(12)24-15/h2-7,10-11H,8-9H2,1H3,(H,18,21). The third kappa shape index (κ3) is 3.60. The number of thiophene rings is 1. The molecule has 0 spiro atoms. The number of nitro groups is 1. The summed E-state index contributed by atoms with van der Waals surface area (Å²) in [5, 5.41) is 14.4. The Morgan fingerprint density at radius 1 is 1.46 bits per heavy atom. The summed E-state index contributed by atoms with van der Waals surface area (Å²) in [6.45, 7) is 3.37. The van der Waals surface area contributed by atoms with E-state index in [0.717, 1.165) is 11.2 Å². The molecule has 7 nitrogen and oxygen atoms in total. The molecule has 0 bridgehead atoms. The van der Waals surface area contributed by atoms with E-state index in [4.69, 9.17) is 0 Å². The van der Waals surface area contributed by atoms with Crippen LogP contribution in [-0.2, 0) is 6.54 Å². The van der Waals surface area contributed by atoms with Crippen LogP contribution in [0.25, 0.3) is 10.1 Å². The summed E-state index contributed by atoms with van der Waals surface area (Å²) in [6.07, 6.45) is 5.36. The van der Waals surface area contributed by atoms with Crippen LogP contribution in [-0.4, -0.2) is 26.9 Å². The number of hydrogen-bond donors (Lipinski definition) is 1. The van der Waals surface area contributed by atoms with Crippen molar-refractivity contribution in [3.8, 4) is 0 Å². The van der Waals surface area contributed by atoms with Crippen molar-refractivity contribution in [2.24, 2.45) is 5.92 Å². The normalized spacial score (nSPS) is 12.2. The van der Waals surface area contributed by atoms with Crippen LogP contribution in [0.5, 0.6) is 0 Å². The Bertz CT molecular complexity index is 873. The molecule has 3 aromatic rings. The monoisotopic (exact) mass is 344 g/mol. The third-order valence-corrected chi connectivity index (χ3v) is 4.74. The van der Waals surface area contributed by atoms with Gasteiger partial charge in [-0.2, -0.15) is 0 Å². The van der Waals surface area contributed by atoms with E-state index < -0.39 is 4.92 Å². The molecular formula is C16H16N4O3S. The summed E-state index contributed by atoms with van der Waals surface area (Å²) in [5.41, 5.74) is 0.0289. The first-order valence-corrected chi connectivity index (χ1v) is 8.26. The molecule has 8 heteroatoms. The molecule has 0 fully saturated rings. The lowest BCUT2D eigenvalue weighted by Crippen LogP contribution is -2.29. The van der Waals surface area contributed by atoms with E-state index in [1.807, 2.05) is 10.8 Å². The lowest BCUT2D eigenvalue weighted by molar-refractivity contribution is -0.384. The van der Waals surface area contributed by atoms with Gasteiger partial charge >= 0.3 is 0 Å². The molecule has 2 aromatic heterocycles. The maximum absolute atomic E-state index is 12.3. The van der Waals surface area contributed by atoms with Crippen molar-refractivity contribution in [2.45, 2.75) is 13.5 Å². The molecule has 1 unspecified atom stereocenters. The lowest BCUT2D eigenvalue weighted by atomic mass is 10.2. The number of nitro benzene ring substituents is 1. The van der Waals surface area contributed by atoms with Crippen molar-refractivity contribution in [1.29, 1.82) is 0 Å². The fourth-order valence-corrected chi connectivity index (χ4v) is 3.39. The molecule has 0 saturated heterocycles. The summed E-state index contributed by atoms with van der Waals surface area (Å²) in [5.74, 6) is 0.106. The molecule has 0 aliphatic carbocycles. The lowest BCUT2D eigenvalue weighted by Gasteiger charge is -2.12. The Labute approximate surface area is 142 Å². The molecule has 24 heavy (non-hydrogen) atoms.